The van der Waals surface area contributed by atoms with E-state index in [2.05, 4.69) is 4.99 Å². The van der Waals surface area contributed by atoms with Crippen LogP contribution in [-0.2, 0) is 10.0 Å². The van der Waals surface area contributed by atoms with Crippen LogP contribution in [0.4, 0.5) is 5.69 Å². The summed E-state index contributed by atoms with van der Waals surface area (Å²) in [4.78, 5) is 4.63. The lowest BCUT2D eigenvalue weighted by Gasteiger charge is -2.26. The Morgan fingerprint density at radius 3 is 2.43 bits per heavy atom. The van der Waals surface area contributed by atoms with E-state index in [1.807, 2.05) is 19.1 Å². The maximum absolute atomic E-state index is 13.3. The summed E-state index contributed by atoms with van der Waals surface area (Å²) in [6, 6.07) is 10.4. The van der Waals surface area contributed by atoms with E-state index in [0.717, 1.165) is 24.8 Å². The van der Waals surface area contributed by atoms with Crippen molar-refractivity contribution in [1.29, 1.82) is 0 Å². The third-order valence-corrected chi connectivity index (χ3v) is 6.87. The average molecular weight is 433 g/mol. The van der Waals surface area contributed by atoms with Crippen molar-refractivity contribution in [1.82, 2.24) is 4.31 Å². The minimum Gasteiger partial charge on any atom is -0.497 e. The van der Waals surface area contributed by atoms with Gasteiger partial charge in [-0.3, -0.25) is 4.99 Å². The molecular formula is C22H28N2O5S. The largest absolute Gasteiger partial charge is 0.497 e. The normalized spacial score (nSPS) is 15.3. The molecular weight excluding hydrogens is 404 g/mol. The van der Waals surface area contributed by atoms with Crippen LogP contribution in [0.15, 0.2) is 46.3 Å². The number of methoxy groups -OCH3 is 2. The number of hydrogen-bond acceptors (Lipinski definition) is 6. The lowest BCUT2D eigenvalue weighted by Crippen LogP contribution is -2.35. The molecule has 1 aliphatic rings. The average Bonchev–Trinajstić information content (AvgIpc) is 2.79. The Hall–Kier alpha value is -2.58. The highest BCUT2D eigenvalue weighted by Crippen LogP contribution is 2.33. The van der Waals surface area contributed by atoms with Gasteiger partial charge in [0.05, 0.1) is 26.5 Å². The quantitative estimate of drug-likeness (QED) is 0.589. The van der Waals surface area contributed by atoms with Crippen LogP contribution in [0.25, 0.3) is 0 Å². The van der Waals surface area contributed by atoms with Gasteiger partial charge < -0.3 is 14.2 Å². The molecule has 30 heavy (non-hydrogen) atoms. The van der Waals surface area contributed by atoms with Gasteiger partial charge in [-0.1, -0.05) is 6.42 Å². The molecule has 2 aromatic rings. The van der Waals surface area contributed by atoms with E-state index in [4.69, 9.17) is 14.2 Å². The molecule has 1 heterocycles. The van der Waals surface area contributed by atoms with Gasteiger partial charge in [-0.2, -0.15) is 4.31 Å². The molecule has 0 bridgehead atoms. The Kier molecular flexibility index (Phi) is 7.33. The van der Waals surface area contributed by atoms with E-state index in [9.17, 15) is 8.42 Å². The van der Waals surface area contributed by atoms with Crippen LogP contribution >= 0.6 is 0 Å². The van der Waals surface area contributed by atoms with Gasteiger partial charge in [0.15, 0.2) is 11.5 Å². The highest BCUT2D eigenvalue weighted by molar-refractivity contribution is 7.89. The summed E-state index contributed by atoms with van der Waals surface area (Å²) < 4.78 is 44.2. The van der Waals surface area contributed by atoms with E-state index in [1.54, 1.807) is 31.5 Å². The van der Waals surface area contributed by atoms with Gasteiger partial charge in [0.2, 0.25) is 10.0 Å². The fourth-order valence-corrected chi connectivity index (χ4v) is 5.03. The maximum atomic E-state index is 13.3. The number of hydrogen-bond donors (Lipinski definition) is 0. The first-order chi connectivity index (χ1) is 14.5. The molecule has 0 saturated carbocycles. The number of ether oxygens (including phenoxy) is 3. The molecule has 8 heteroatoms. The smallest absolute Gasteiger partial charge is 0.245 e. The molecule has 0 spiro atoms. The molecule has 1 saturated heterocycles. The molecule has 0 radical (unpaired) electrons. The fourth-order valence-electron chi connectivity index (χ4n) is 3.36. The summed E-state index contributed by atoms with van der Waals surface area (Å²) >= 11 is 0. The Bertz CT molecular complexity index is 999. The second kappa shape index (κ2) is 9.95. The predicted octanol–water partition coefficient (Wildman–Crippen LogP) is 4.03. The summed E-state index contributed by atoms with van der Waals surface area (Å²) in [7, 11) is -0.571. The van der Waals surface area contributed by atoms with Crippen LogP contribution < -0.4 is 14.2 Å². The van der Waals surface area contributed by atoms with Gasteiger partial charge in [0, 0.05) is 25.4 Å². The first-order valence-electron chi connectivity index (χ1n) is 10.0. The molecule has 1 aliphatic heterocycles. The molecule has 162 valence electrons. The third-order valence-electron chi connectivity index (χ3n) is 4.94. The topological polar surface area (TPSA) is 77.4 Å². The molecule has 0 aliphatic carbocycles. The SMILES string of the molecule is CCOc1ccc(C=Nc2ccc(OC)cc2S(=O)(=O)N2CCCCC2)cc1OC. The lowest BCUT2D eigenvalue weighted by atomic mass is 10.2. The van der Waals surface area contributed by atoms with Gasteiger partial charge in [0.1, 0.15) is 10.6 Å². The Balaban J connectivity index is 1.96. The van der Waals surface area contributed by atoms with Crippen molar-refractivity contribution < 1.29 is 22.6 Å². The Labute approximate surface area is 178 Å². The van der Waals surface area contributed by atoms with Gasteiger partial charge in [-0.05, 0) is 55.7 Å². The minimum absolute atomic E-state index is 0.151. The van der Waals surface area contributed by atoms with E-state index in [0.29, 0.717) is 42.6 Å². The number of benzene rings is 2. The van der Waals surface area contributed by atoms with Crippen molar-refractivity contribution in [3.05, 3.63) is 42.0 Å². The van der Waals surface area contributed by atoms with Crippen molar-refractivity contribution >= 4 is 21.9 Å². The number of sulfonamides is 1. The first kappa shape index (κ1) is 22.1. The second-order valence-electron chi connectivity index (χ2n) is 6.90. The summed E-state index contributed by atoms with van der Waals surface area (Å²) in [6.45, 7) is 3.49. The van der Waals surface area contributed by atoms with E-state index < -0.39 is 10.0 Å². The highest BCUT2D eigenvalue weighted by Gasteiger charge is 2.28. The molecule has 3 rings (SSSR count). The van der Waals surface area contributed by atoms with Crippen molar-refractivity contribution in [2.24, 2.45) is 4.99 Å². The summed E-state index contributed by atoms with van der Waals surface area (Å²) in [5.41, 5.74) is 1.14. The first-order valence-corrected chi connectivity index (χ1v) is 11.5. The number of aliphatic imine (C=N–C) groups is 1. The standard InChI is InChI=1S/C22H28N2O5S/c1-4-29-20-11-8-17(14-21(20)28-3)16-23-19-10-9-18(27-2)15-22(19)30(25,26)24-12-6-5-7-13-24/h8-11,14-16H,4-7,12-13H2,1-3H3. The maximum Gasteiger partial charge on any atom is 0.245 e. The van der Waals surface area contributed by atoms with Gasteiger partial charge >= 0.3 is 0 Å². The Morgan fingerprint density at radius 1 is 1.00 bits per heavy atom. The molecule has 0 N–H and O–H groups in total. The predicted molar refractivity (Wildman–Crippen MR) is 117 cm³/mol. The second-order valence-corrected chi connectivity index (χ2v) is 8.81. The monoisotopic (exact) mass is 432 g/mol. The zero-order valence-corrected chi connectivity index (χ0v) is 18.4. The zero-order chi connectivity index (χ0) is 21.6. The molecule has 0 unspecified atom stereocenters. The number of piperidine rings is 1. The fraction of sp³-hybridized carbons (Fsp3) is 0.409. The van der Waals surface area contributed by atoms with E-state index in [-0.39, 0.29) is 4.90 Å². The van der Waals surface area contributed by atoms with Gasteiger partial charge in [-0.25, -0.2) is 8.42 Å². The molecule has 2 aromatic carbocycles. The van der Waals surface area contributed by atoms with Crippen LogP contribution in [0.3, 0.4) is 0 Å². The molecule has 1 fully saturated rings. The summed E-state index contributed by atoms with van der Waals surface area (Å²) in [6.07, 6.45) is 4.41. The molecule has 0 aromatic heterocycles. The number of rotatable bonds is 8. The highest BCUT2D eigenvalue weighted by atomic mass is 32.2. The van der Waals surface area contributed by atoms with Crippen LogP contribution in [0.5, 0.6) is 17.2 Å². The van der Waals surface area contributed by atoms with Crippen molar-refractivity contribution in [3.8, 4) is 17.2 Å². The van der Waals surface area contributed by atoms with Crippen molar-refractivity contribution in [2.75, 3.05) is 33.9 Å². The van der Waals surface area contributed by atoms with Gasteiger partial charge in [-0.15, -0.1) is 0 Å². The third kappa shape index (κ3) is 4.94. The molecule has 0 atom stereocenters. The molecule has 0 amide bonds. The zero-order valence-electron chi connectivity index (χ0n) is 17.6. The Morgan fingerprint density at radius 2 is 1.77 bits per heavy atom. The molecule has 7 nitrogen and oxygen atoms in total. The van der Waals surface area contributed by atoms with E-state index >= 15 is 0 Å². The van der Waals surface area contributed by atoms with Crippen LogP contribution in [0.1, 0.15) is 31.7 Å². The van der Waals surface area contributed by atoms with Crippen LogP contribution in [0, 0.1) is 0 Å². The summed E-state index contributed by atoms with van der Waals surface area (Å²) in [5, 5.41) is 0. The van der Waals surface area contributed by atoms with Crippen LogP contribution in [0.2, 0.25) is 0 Å². The minimum atomic E-state index is -3.66. The van der Waals surface area contributed by atoms with E-state index in [1.165, 1.54) is 17.5 Å². The number of nitrogens with zero attached hydrogens (tertiary/aromatic N) is 2. The summed E-state index contributed by atoms with van der Waals surface area (Å²) in [5.74, 6) is 1.72. The van der Waals surface area contributed by atoms with Crippen LogP contribution in [-0.4, -0.2) is 52.9 Å². The van der Waals surface area contributed by atoms with Crippen molar-refractivity contribution in [2.45, 2.75) is 31.1 Å². The van der Waals surface area contributed by atoms with Crippen molar-refractivity contribution in [3.63, 3.8) is 0 Å². The van der Waals surface area contributed by atoms with Gasteiger partial charge in [0.25, 0.3) is 0 Å². The lowest BCUT2D eigenvalue weighted by molar-refractivity contribution is 0.311.